The number of piperazine rings is 1. The van der Waals surface area contributed by atoms with Crippen LogP contribution in [0.4, 0.5) is 0 Å². The molecular formula is C26H30N4O2. The molecule has 0 bridgehead atoms. The Kier molecular flexibility index (Phi) is 5.79. The number of rotatable bonds is 6. The van der Waals surface area contributed by atoms with Gasteiger partial charge in [0.1, 0.15) is 5.82 Å². The summed E-state index contributed by atoms with van der Waals surface area (Å²) in [6.07, 6.45) is 2.95. The van der Waals surface area contributed by atoms with E-state index in [9.17, 15) is 9.59 Å². The molecule has 2 aromatic carbocycles. The van der Waals surface area contributed by atoms with E-state index < -0.39 is 0 Å². The summed E-state index contributed by atoms with van der Waals surface area (Å²) >= 11 is 0. The van der Waals surface area contributed by atoms with Crippen molar-refractivity contribution in [2.24, 2.45) is 0 Å². The number of nitrogens with zero attached hydrogens (tertiary/aromatic N) is 4. The van der Waals surface area contributed by atoms with Crippen LogP contribution in [0, 0.1) is 6.92 Å². The first-order chi connectivity index (χ1) is 15.6. The van der Waals surface area contributed by atoms with Crippen LogP contribution in [0.1, 0.15) is 42.3 Å². The zero-order valence-electron chi connectivity index (χ0n) is 18.7. The number of fused-ring (bicyclic) bond motifs is 1. The van der Waals surface area contributed by atoms with Gasteiger partial charge in [0.05, 0.1) is 10.9 Å². The van der Waals surface area contributed by atoms with Crippen molar-refractivity contribution in [2.45, 2.75) is 45.2 Å². The summed E-state index contributed by atoms with van der Waals surface area (Å²) in [4.78, 5) is 35.1. The van der Waals surface area contributed by atoms with E-state index in [1.54, 1.807) is 0 Å². The van der Waals surface area contributed by atoms with Gasteiger partial charge in [-0.05, 0) is 43.0 Å². The summed E-state index contributed by atoms with van der Waals surface area (Å²) in [7, 11) is 0. The van der Waals surface area contributed by atoms with Crippen LogP contribution < -0.4 is 5.56 Å². The molecule has 2 heterocycles. The molecule has 0 unspecified atom stereocenters. The lowest BCUT2D eigenvalue weighted by Gasteiger charge is -2.35. The van der Waals surface area contributed by atoms with Crippen molar-refractivity contribution >= 4 is 16.8 Å². The predicted octanol–water partition coefficient (Wildman–Crippen LogP) is 3.32. The molecule has 1 aliphatic heterocycles. The van der Waals surface area contributed by atoms with E-state index in [0.717, 1.165) is 56.9 Å². The minimum absolute atomic E-state index is 0.0327. The monoisotopic (exact) mass is 430 g/mol. The summed E-state index contributed by atoms with van der Waals surface area (Å²) in [6, 6.07) is 16.2. The first-order valence-electron chi connectivity index (χ1n) is 11.6. The number of carbonyl (C=O) groups excluding carboxylic acids is 1. The normalized spacial score (nSPS) is 17.1. The topological polar surface area (TPSA) is 58.4 Å². The zero-order valence-corrected chi connectivity index (χ0v) is 18.7. The SMILES string of the molecule is Cc1ccccc1CN1CCN(C(=O)CCc2nc3ccccc3c(=O)n2C2CC2)CC1. The second kappa shape index (κ2) is 8.87. The van der Waals surface area contributed by atoms with Crippen LogP contribution >= 0.6 is 0 Å². The van der Waals surface area contributed by atoms with E-state index >= 15 is 0 Å². The Hall–Kier alpha value is -2.99. The number of hydrogen-bond acceptors (Lipinski definition) is 4. The van der Waals surface area contributed by atoms with Gasteiger partial charge in [0.25, 0.3) is 5.56 Å². The molecular weight excluding hydrogens is 400 g/mol. The highest BCUT2D eigenvalue weighted by Crippen LogP contribution is 2.35. The van der Waals surface area contributed by atoms with Crippen LogP contribution in [0.5, 0.6) is 0 Å². The fourth-order valence-electron chi connectivity index (χ4n) is 4.64. The molecule has 2 fully saturated rings. The van der Waals surface area contributed by atoms with Crippen molar-refractivity contribution in [3.63, 3.8) is 0 Å². The van der Waals surface area contributed by atoms with E-state index in [1.165, 1.54) is 11.1 Å². The highest BCUT2D eigenvalue weighted by molar-refractivity contribution is 5.78. The average Bonchev–Trinajstić information content (AvgIpc) is 3.65. The summed E-state index contributed by atoms with van der Waals surface area (Å²) in [5.74, 6) is 0.910. The number of benzene rings is 2. The van der Waals surface area contributed by atoms with Crippen LogP contribution in [0.15, 0.2) is 53.3 Å². The number of amides is 1. The van der Waals surface area contributed by atoms with Gasteiger partial charge in [0.15, 0.2) is 0 Å². The third kappa shape index (κ3) is 4.32. The van der Waals surface area contributed by atoms with Crippen LogP contribution in [-0.4, -0.2) is 51.4 Å². The van der Waals surface area contributed by atoms with Crippen LogP contribution in [0.2, 0.25) is 0 Å². The Bertz CT molecular complexity index is 1190. The van der Waals surface area contributed by atoms with Gasteiger partial charge in [-0.15, -0.1) is 0 Å². The van der Waals surface area contributed by atoms with E-state index in [2.05, 4.69) is 36.1 Å². The summed E-state index contributed by atoms with van der Waals surface area (Å²) in [6.45, 7) is 6.37. The lowest BCUT2D eigenvalue weighted by Crippen LogP contribution is -2.48. The predicted molar refractivity (Wildman–Crippen MR) is 126 cm³/mol. The Morgan fingerprint density at radius 2 is 1.72 bits per heavy atom. The molecule has 5 rings (SSSR count). The van der Waals surface area contributed by atoms with Gasteiger partial charge >= 0.3 is 0 Å². The highest BCUT2D eigenvalue weighted by Gasteiger charge is 2.29. The molecule has 1 saturated heterocycles. The maximum absolute atomic E-state index is 13.0. The van der Waals surface area contributed by atoms with Gasteiger partial charge in [0.2, 0.25) is 5.91 Å². The van der Waals surface area contributed by atoms with Gasteiger partial charge in [-0.3, -0.25) is 19.1 Å². The fourth-order valence-corrected chi connectivity index (χ4v) is 4.64. The van der Waals surface area contributed by atoms with Gasteiger partial charge in [0, 0.05) is 51.6 Å². The quantitative estimate of drug-likeness (QED) is 0.602. The largest absolute Gasteiger partial charge is 0.340 e. The Morgan fingerprint density at radius 3 is 2.47 bits per heavy atom. The molecule has 2 aliphatic rings. The van der Waals surface area contributed by atoms with Crippen molar-refractivity contribution in [1.82, 2.24) is 19.4 Å². The lowest BCUT2D eigenvalue weighted by molar-refractivity contribution is -0.133. The van der Waals surface area contributed by atoms with Crippen molar-refractivity contribution < 1.29 is 4.79 Å². The fraction of sp³-hybridized carbons (Fsp3) is 0.423. The van der Waals surface area contributed by atoms with Gasteiger partial charge < -0.3 is 4.90 Å². The molecule has 6 nitrogen and oxygen atoms in total. The van der Waals surface area contributed by atoms with E-state index in [-0.39, 0.29) is 17.5 Å². The van der Waals surface area contributed by atoms with Gasteiger partial charge in [-0.2, -0.15) is 0 Å². The Morgan fingerprint density at radius 1 is 1.00 bits per heavy atom. The number of para-hydroxylation sites is 1. The molecule has 166 valence electrons. The molecule has 3 aromatic rings. The molecule has 6 heteroatoms. The standard InChI is InChI=1S/C26H30N4O2/c1-19-6-2-3-7-20(19)18-28-14-16-29(17-15-28)25(31)13-12-24-27-23-9-5-4-8-22(23)26(32)30(24)21-10-11-21/h2-9,21H,10-18H2,1H3. The average molecular weight is 431 g/mol. The van der Waals surface area contributed by atoms with E-state index in [1.807, 2.05) is 33.7 Å². The first kappa shape index (κ1) is 20.9. The minimum atomic E-state index is 0.0327. The first-order valence-corrected chi connectivity index (χ1v) is 11.6. The number of carbonyl (C=O) groups is 1. The van der Waals surface area contributed by atoms with Crippen molar-refractivity contribution in [3.05, 3.63) is 75.8 Å². The van der Waals surface area contributed by atoms with Crippen LogP contribution in [0.25, 0.3) is 10.9 Å². The van der Waals surface area contributed by atoms with Crippen LogP contribution in [-0.2, 0) is 17.8 Å². The maximum atomic E-state index is 13.0. The smallest absolute Gasteiger partial charge is 0.261 e. The highest BCUT2D eigenvalue weighted by atomic mass is 16.2. The van der Waals surface area contributed by atoms with E-state index in [0.29, 0.717) is 18.2 Å². The Balaban J connectivity index is 1.21. The minimum Gasteiger partial charge on any atom is -0.340 e. The third-order valence-corrected chi connectivity index (χ3v) is 6.74. The molecule has 1 aliphatic carbocycles. The second-order valence-corrected chi connectivity index (χ2v) is 9.03. The third-order valence-electron chi connectivity index (χ3n) is 6.74. The van der Waals surface area contributed by atoms with Gasteiger partial charge in [-0.25, -0.2) is 4.98 Å². The molecule has 0 radical (unpaired) electrons. The second-order valence-electron chi connectivity index (χ2n) is 9.03. The molecule has 0 N–H and O–H groups in total. The molecule has 1 aromatic heterocycles. The van der Waals surface area contributed by atoms with Gasteiger partial charge in [-0.1, -0.05) is 36.4 Å². The summed E-state index contributed by atoms with van der Waals surface area (Å²) in [5, 5.41) is 0.666. The lowest BCUT2D eigenvalue weighted by atomic mass is 10.1. The maximum Gasteiger partial charge on any atom is 0.261 e. The number of aromatic nitrogens is 2. The van der Waals surface area contributed by atoms with Crippen molar-refractivity contribution in [3.8, 4) is 0 Å². The molecule has 0 atom stereocenters. The Labute approximate surface area is 188 Å². The van der Waals surface area contributed by atoms with Crippen molar-refractivity contribution in [2.75, 3.05) is 26.2 Å². The molecule has 1 saturated carbocycles. The molecule has 1 amide bonds. The zero-order chi connectivity index (χ0) is 22.1. The summed E-state index contributed by atoms with van der Waals surface area (Å²) in [5.41, 5.74) is 3.43. The number of hydrogen-bond donors (Lipinski definition) is 0. The summed E-state index contributed by atoms with van der Waals surface area (Å²) < 4.78 is 1.84. The number of aryl methyl sites for hydroxylation is 2. The molecule has 32 heavy (non-hydrogen) atoms. The van der Waals surface area contributed by atoms with Crippen LogP contribution in [0.3, 0.4) is 0 Å². The molecule has 0 spiro atoms. The van der Waals surface area contributed by atoms with E-state index in [4.69, 9.17) is 4.98 Å². The van der Waals surface area contributed by atoms with Crippen molar-refractivity contribution in [1.29, 1.82) is 0 Å².